The Hall–Kier alpha value is -2.50. The Morgan fingerprint density at radius 1 is 1.29 bits per heavy atom. The van der Waals surface area contributed by atoms with E-state index in [1.807, 2.05) is 6.07 Å². The molecule has 1 unspecified atom stereocenters. The van der Waals surface area contributed by atoms with Crippen molar-refractivity contribution in [3.05, 3.63) is 42.6 Å². The van der Waals surface area contributed by atoms with Gasteiger partial charge in [0.2, 0.25) is 6.04 Å². The van der Waals surface area contributed by atoms with Crippen molar-refractivity contribution in [3.63, 3.8) is 0 Å². The van der Waals surface area contributed by atoms with Crippen molar-refractivity contribution in [2.45, 2.75) is 13.0 Å². The molecule has 0 radical (unpaired) electrons. The smallest absolute Gasteiger partial charge is 0.340 e. The van der Waals surface area contributed by atoms with Gasteiger partial charge in [-0.2, -0.15) is 10.2 Å². The van der Waals surface area contributed by atoms with Gasteiger partial charge in [-0.25, -0.2) is 4.79 Å². The van der Waals surface area contributed by atoms with Crippen LogP contribution in [0.3, 0.4) is 0 Å². The highest BCUT2D eigenvalue weighted by Crippen LogP contribution is 2.12. The van der Waals surface area contributed by atoms with Crippen LogP contribution >= 0.6 is 0 Å². The molecule has 0 heterocycles. The molecule has 0 aliphatic rings. The highest BCUT2D eigenvalue weighted by molar-refractivity contribution is 6.08. The molecule has 1 atom stereocenters. The van der Waals surface area contributed by atoms with Crippen LogP contribution in [0, 0.1) is 0 Å². The Kier molecular flexibility index (Phi) is 6.80. The fourth-order valence-electron chi connectivity index (χ4n) is 1.37. The summed E-state index contributed by atoms with van der Waals surface area (Å²) in [5.41, 5.74) is 0.566. The maximum Gasteiger partial charge on any atom is 0.340 e. The van der Waals surface area contributed by atoms with Crippen molar-refractivity contribution in [2.24, 2.45) is 10.2 Å². The molecule has 0 aliphatic carbocycles. The van der Waals surface area contributed by atoms with Crippen molar-refractivity contribution < 1.29 is 14.3 Å². The van der Waals surface area contributed by atoms with Gasteiger partial charge in [0.15, 0.2) is 5.78 Å². The number of benzene rings is 1. The van der Waals surface area contributed by atoms with Crippen LogP contribution in [0.1, 0.15) is 6.92 Å². The monoisotopic (exact) mass is 289 g/mol. The number of rotatable bonds is 7. The molecule has 0 amide bonds. The Balaban J connectivity index is 2.89. The van der Waals surface area contributed by atoms with Gasteiger partial charge in [0.25, 0.3) is 0 Å². The molecular weight excluding hydrogens is 270 g/mol. The third kappa shape index (κ3) is 5.99. The fraction of sp³-hybridized carbons (Fsp3) is 0.333. The Bertz CT molecular complexity index is 524. The maximum absolute atomic E-state index is 12.0. The van der Waals surface area contributed by atoms with E-state index in [9.17, 15) is 9.59 Å². The topological polar surface area (TPSA) is 71.3 Å². The molecule has 21 heavy (non-hydrogen) atoms. The molecule has 0 aliphatic heterocycles. The minimum Gasteiger partial charge on any atom is -0.464 e. The van der Waals surface area contributed by atoms with E-state index < -0.39 is 17.8 Å². The van der Waals surface area contributed by atoms with Gasteiger partial charge in [0.05, 0.1) is 12.3 Å². The van der Waals surface area contributed by atoms with Gasteiger partial charge in [0, 0.05) is 20.3 Å². The van der Waals surface area contributed by atoms with E-state index in [4.69, 9.17) is 4.74 Å². The summed E-state index contributed by atoms with van der Waals surface area (Å²) in [6.07, 6.45) is 2.83. The zero-order chi connectivity index (χ0) is 15.7. The summed E-state index contributed by atoms with van der Waals surface area (Å²) in [4.78, 5) is 25.5. The van der Waals surface area contributed by atoms with Gasteiger partial charge in [-0.05, 0) is 25.1 Å². The molecule has 1 rings (SSSR count). The zero-order valence-electron chi connectivity index (χ0n) is 12.4. The van der Waals surface area contributed by atoms with Gasteiger partial charge >= 0.3 is 5.97 Å². The van der Waals surface area contributed by atoms with Crippen molar-refractivity contribution in [2.75, 3.05) is 20.7 Å². The number of carbonyl (C=O) groups is 2. The summed E-state index contributed by atoms with van der Waals surface area (Å²) in [5, 5.41) is 7.74. The van der Waals surface area contributed by atoms with E-state index in [1.165, 1.54) is 6.08 Å². The minimum absolute atomic E-state index is 0.181. The first-order chi connectivity index (χ1) is 10.0. The molecule has 112 valence electrons. The van der Waals surface area contributed by atoms with Crippen LogP contribution < -0.4 is 0 Å². The fourth-order valence-corrected chi connectivity index (χ4v) is 1.37. The van der Waals surface area contributed by atoms with Crippen LogP contribution in [-0.4, -0.2) is 43.4 Å². The summed E-state index contributed by atoms with van der Waals surface area (Å²) in [6.45, 7) is 1.85. The Morgan fingerprint density at radius 3 is 2.52 bits per heavy atom. The molecule has 1 aromatic carbocycles. The number of ketones is 1. The lowest BCUT2D eigenvalue weighted by molar-refractivity contribution is -0.146. The molecule has 1 aromatic rings. The first-order valence-electron chi connectivity index (χ1n) is 6.55. The lowest BCUT2D eigenvalue weighted by Crippen LogP contribution is -2.29. The standard InChI is InChI=1S/C15H19N3O3/c1-4-21-15(20)14(13(19)10-11-18(2)3)17-16-12-8-6-5-7-9-12/h5-11,14H,4H2,1-3H3/b11-10+,17-16?. The molecule has 0 bridgehead atoms. The van der Waals surface area contributed by atoms with E-state index in [-0.39, 0.29) is 6.61 Å². The molecule has 0 saturated heterocycles. The summed E-state index contributed by atoms with van der Waals surface area (Å²) < 4.78 is 4.86. The number of azo groups is 1. The molecule has 0 spiro atoms. The second kappa shape index (κ2) is 8.63. The van der Waals surface area contributed by atoms with E-state index >= 15 is 0 Å². The number of hydrogen-bond donors (Lipinski definition) is 0. The number of ether oxygens (including phenoxy) is 1. The van der Waals surface area contributed by atoms with Crippen LogP contribution in [0.5, 0.6) is 0 Å². The highest BCUT2D eigenvalue weighted by atomic mass is 16.5. The summed E-state index contributed by atoms with van der Waals surface area (Å²) >= 11 is 0. The molecule has 0 N–H and O–H groups in total. The summed E-state index contributed by atoms with van der Waals surface area (Å²) in [5.74, 6) is -1.17. The Labute approximate surface area is 124 Å². The number of esters is 1. The second-order valence-electron chi connectivity index (χ2n) is 4.39. The molecule has 6 nitrogen and oxygen atoms in total. The van der Waals surface area contributed by atoms with Crippen molar-refractivity contribution >= 4 is 17.4 Å². The third-order valence-corrected chi connectivity index (χ3v) is 2.36. The van der Waals surface area contributed by atoms with Crippen molar-refractivity contribution in [1.29, 1.82) is 0 Å². The molecule has 0 fully saturated rings. The zero-order valence-corrected chi connectivity index (χ0v) is 12.4. The van der Waals surface area contributed by atoms with Gasteiger partial charge in [-0.1, -0.05) is 18.2 Å². The van der Waals surface area contributed by atoms with Gasteiger partial charge in [-0.15, -0.1) is 0 Å². The normalized spacial score (nSPS) is 12.5. The van der Waals surface area contributed by atoms with Crippen molar-refractivity contribution in [3.8, 4) is 0 Å². The first kappa shape index (κ1) is 16.6. The van der Waals surface area contributed by atoms with Gasteiger partial charge in [0.1, 0.15) is 0 Å². The SMILES string of the molecule is CCOC(=O)C(N=Nc1ccccc1)C(=O)/C=C/N(C)C. The van der Waals surface area contributed by atoms with E-state index in [2.05, 4.69) is 10.2 Å². The summed E-state index contributed by atoms with van der Waals surface area (Å²) in [6, 6.07) is 7.61. The Morgan fingerprint density at radius 2 is 1.95 bits per heavy atom. The predicted molar refractivity (Wildman–Crippen MR) is 79.2 cm³/mol. The van der Waals surface area contributed by atoms with E-state index in [0.29, 0.717) is 5.69 Å². The van der Waals surface area contributed by atoms with Crippen molar-refractivity contribution in [1.82, 2.24) is 4.90 Å². The lowest BCUT2D eigenvalue weighted by atomic mass is 10.2. The minimum atomic E-state index is -1.28. The number of nitrogens with zero attached hydrogens (tertiary/aromatic N) is 3. The predicted octanol–water partition coefficient (Wildman–Crippen LogP) is 2.35. The largest absolute Gasteiger partial charge is 0.464 e. The van der Waals surface area contributed by atoms with Gasteiger partial charge < -0.3 is 9.64 Å². The van der Waals surface area contributed by atoms with Crippen LogP contribution in [-0.2, 0) is 14.3 Å². The van der Waals surface area contributed by atoms with Crippen LogP contribution in [0.15, 0.2) is 52.8 Å². The molecular formula is C15H19N3O3. The molecule has 0 saturated carbocycles. The third-order valence-electron chi connectivity index (χ3n) is 2.36. The average molecular weight is 289 g/mol. The quantitative estimate of drug-likeness (QED) is 0.334. The highest BCUT2D eigenvalue weighted by Gasteiger charge is 2.26. The van der Waals surface area contributed by atoms with Crippen LogP contribution in [0.2, 0.25) is 0 Å². The summed E-state index contributed by atoms with van der Waals surface area (Å²) in [7, 11) is 3.54. The van der Waals surface area contributed by atoms with E-state index in [0.717, 1.165) is 0 Å². The number of carbonyl (C=O) groups excluding carboxylic acids is 2. The van der Waals surface area contributed by atoms with Crippen LogP contribution in [0.4, 0.5) is 5.69 Å². The number of hydrogen-bond acceptors (Lipinski definition) is 6. The van der Waals surface area contributed by atoms with E-state index in [1.54, 1.807) is 56.4 Å². The first-order valence-corrected chi connectivity index (χ1v) is 6.55. The van der Waals surface area contributed by atoms with Crippen LogP contribution in [0.25, 0.3) is 0 Å². The lowest BCUT2D eigenvalue weighted by Gasteiger charge is -2.08. The molecule has 6 heteroatoms. The molecule has 0 aromatic heterocycles. The average Bonchev–Trinajstić information content (AvgIpc) is 2.46. The maximum atomic E-state index is 12.0. The second-order valence-corrected chi connectivity index (χ2v) is 4.39. The van der Waals surface area contributed by atoms with Gasteiger partial charge in [-0.3, -0.25) is 4.79 Å².